The second-order valence-electron chi connectivity index (χ2n) is 6.81. The number of aromatic nitrogens is 2. The van der Waals surface area contributed by atoms with Gasteiger partial charge in [0.1, 0.15) is 11.6 Å². The first kappa shape index (κ1) is 21.6. The fourth-order valence-corrected chi connectivity index (χ4v) is 4.80. The highest BCUT2D eigenvalue weighted by Gasteiger charge is 2.18. The fraction of sp³-hybridized carbons (Fsp3) is 0.0870. The number of hydrogen-bond acceptors (Lipinski definition) is 3. The van der Waals surface area contributed by atoms with E-state index in [2.05, 4.69) is 4.98 Å². The Hall–Kier alpha value is -2.67. The van der Waals surface area contributed by atoms with E-state index in [9.17, 15) is 8.42 Å². The summed E-state index contributed by atoms with van der Waals surface area (Å²) in [4.78, 5) is 4.53. The van der Waals surface area contributed by atoms with E-state index in [4.69, 9.17) is 23.2 Å². The molecule has 0 amide bonds. The van der Waals surface area contributed by atoms with Crippen molar-refractivity contribution in [1.82, 2.24) is 9.55 Å². The molecule has 4 aromatic rings. The molecule has 1 heterocycles. The lowest BCUT2D eigenvalue weighted by atomic mass is 10.0. The number of hydrogen-bond donors (Lipinski definition) is 0. The summed E-state index contributed by atoms with van der Waals surface area (Å²) in [6, 6.07) is 16.3. The van der Waals surface area contributed by atoms with Crippen LogP contribution in [0.2, 0.25) is 10.0 Å². The standard InChI is InChI=1S/C23H17Cl2FN2O2S/c1-2-31(29,30)17-6-3-5-15(13-17)16-9-10-21(20(26)14-16)28-12-11-27-23(28)22-18(24)7-4-8-19(22)25/h3-14H,2H2,1H3. The Morgan fingerprint density at radius 3 is 2.32 bits per heavy atom. The lowest BCUT2D eigenvalue weighted by Crippen LogP contribution is -2.03. The third kappa shape index (κ3) is 4.11. The zero-order chi connectivity index (χ0) is 22.2. The first-order chi connectivity index (χ1) is 14.8. The van der Waals surface area contributed by atoms with Crippen LogP contribution in [0.1, 0.15) is 6.92 Å². The van der Waals surface area contributed by atoms with Gasteiger partial charge in [0.05, 0.1) is 31.9 Å². The minimum Gasteiger partial charge on any atom is -0.297 e. The molecule has 0 spiro atoms. The van der Waals surface area contributed by atoms with E-state index in [0.717, 1.165) is 0 Å². The van der Waals surface area contributed by atoms with E-state index in [0.29, 0.717) is 32.6 Å². The van der Waals surface area contributed by atoms with Gasteiger partial charge >= 0.3 is 0 Å². The van der Waals surface area contributed by atoms with Gasteiger partial charge in [-0.3, -0.25) is 4.57 Å². The maximum atomic E-state index is 15.2. The number of imidazole rings is 1. The topological polar surface area (TPSA) is 52.0 Å². The summed E-state index contributed by atoms with van der Waals surface area (Å²) in [5.41, 5.74) is 1.95. The predicted octanol–water partition coefficient (Wildman–Crippen LogP) is 6.45. The van der Waals surface area contributed by atoms with Crippen molar-refractivity contribution in [3.63, 3.8) is 0 Å². The molecule has 0 saturated carbocycles. The van der Waals surface area contributed by atoms with Gasteiger partial charge in [-0.25, -0.2) is 17.8 Å². The highest BCUT2D eigenvalue weighted by Crippen LogP contribution is 2.35. The average Bonchev–Trinajstić information content (AvgIpc) is 3.22. The van der Waals surface area contributed by atoms with E-state index in [-0.39, 0.29) is 16.3 Å². The van der Waals surface area contributed by atoms with Gasteiger partial charge in [0.2, 0.25) is 0 Å². The van der Waals surface area contributed by atoms with Gasteiger partial charge in [0, 0.05) is 12.4 Å². The maximum absolute atomic E-state index is 15.2. The van der Waals surface area contributed by atoms with Gasteiger partial charge in [-0.2, -0.15) is 0 Å². The summed E-state index contributed by atoms with van der Waals surface area (Å²) >= 11 is 12.6. The van der Waals surface area contributed by atoms with Crippen molar-refractivity contribution in [2.24, 2.45) is 0 Å². The van der Waals surface area contributed by atoms with Crippen molar-refractivity contribution in [2.75, 3.05) is 5.75 Å². The minimum absolute atomic E-state index is 0.00222. The molecule has 0 saturated heterocycles. The Bertz CT molecular complexity index is 1360. The lowest BCUT2D eigenvalue weighted by molar-refractivity contribution is 0.597. The van der Waals surface area contributed by atoms with Crippen molar-refractivity contribution < 1.29 is 12.8 Å². The lowest BCUT2D eigenvalue weighted by Gasteiger charge is -2.13. The second kappa shape index (κ2) is 8.46. The zero-order valence-electron chi connectivity index (χ0n) is 16.4. The first-order valence-electron chi connectivity index (χ1n) is 9.42. The van der Waals surface area contributed by atoms with Crippen LogP contribution in [-0.4, -0.2) is 23.7 Å². The molecule has 4 nitrogen and oxygen atoms in total. The highest BCUT2D eigenvalue weighted by molar-refractivity contribution is 7.91. The third-order valence-electron chi connectivity index (χ3n) is 4.94. The summed E-state index contributed by atoms with van der Waals surface area (Å²) in [5.74, 6) is -0.0837. The molecule has 0 atom stereocenters. The monoisotopic (exact) mass is 474 g/mol. The number of nitrogens with zero attached hydrogens (tertiary/aromatic N) is 2. The summed E-state index contributed by atoms with van der Waals surface area (Å²) in [5, 5.41) is 0.817. The molecule has 0 aliphatic rings. The molecule has 0 aliphatic carbocycles. The van der Waals surface area contributed by atoms with E-state index in [1.807, 2.05) is 0 Å². The zero-order valence-corrected chi connectivity index (χ0v) is 18.7. The van der Waals surface area contributed by atoms with Crippen LogP contribution in [0, 0.1) is 5.82 Å². The molecule has 3 aromatic carbocycles. The van der Waals surface area contributed by atoms with Crippen LogP contribution in [0.4, 0.5) is 4.39 Å². The quantitative estimate of drug-likeness (QED) is 0.334. The number of halogens is 3. The first-order valence-corrected chi connectivity index (χ1v) is 11.8. The Kier molecular flexibility index (Phi) is 5.88. The minimum atomic E-state index is -3.36. The molecule has 1 aromatic heterocycles. The van der Waals surface area contributed by atoms with Crippen molar-refractivity contribution in [3.8, 4) is 28.2 Å². The number of rotatable bonds is 5. The second-order valence-corrected chi connectivity index (χ2v) is 9.91. The van der Waals surface area contributed by atoms with Gasteiger partial charge in [0.15, 0.2) is 9.84 Å². The van der Waals surface area contributed by atoms with Crippen LogP contribution in [0.5, 0.6) is 0 Å². The fourth-order valence-electron chi connectivity index (χ4n) is 3.31. The largest absolute Gasteiger partial charge is 0.297 e. The molecule has 4 rings (SSSR count). The number of benzene rings is 3. The van der Waals surface area contributed by atoms with Crippen molar-refractivity contribution in [2.45, 2.75) is 11.8 Å². The maximum Gasteiger partial charge on any atom is 0.178 e. The summed E-state index contributed by atoms with van der Waals surface area (Å²) in [7, 11) is -3.36. The van der Waals surface area contributed by atoms with E-state index < -0.39 is 15.7 Å². The third-order valence-corrected chi connectivity index (χ3v) is 7.30. The Morgan fingerprint density at radius 2 is 1.65 bits per heavy atom. The Labute approximate surface area is 189 Å². The molecular formula is C23H17Cl2FN2O2S. The average molecular weight is 475 g/mol. The van der Waals surface area contributed by atoms with Crippen molar-refractivity contribution >= 4 is 33.0 Å². The summed E-state index contributed by atoms with van der Waals surface area (Å²) < 4.78 is 41.1. The van der Waals surface area contributed by atoms with E-state index >= 15 is 4.39 Å². The number of sulfone groups is 1. The molecular weight excluding hydrogens is 458 g/mol. The van der Waals surface area contributed by atoms with E-state index in [1.165, 1.54) is 12.1 Å². The van der Waals surface area contributed by atoms with Crippen molar-refractivity contribution in [3.05, 3.63) is 88.9 Å². The van der Waals surface area contributed by atoms with Gasteiger partial charge in [0.25, 0.3) is 0 Å². The van der Waals surface area contributed by atoms with Crippen molar-refractivity contribution in [1.29, 1.82) is 0 Å². The molecule has 31 heavy (non-hydrogen) atoms. The van der Waals surface area contributed by atoms with Crippen LogP contribution in [0.25, 0.3) is 28.2 Å². The molecule has 158 valence electrons. The summed E-state index contributed by atoms with van der Waals surface area (Å²) in [6.45, 7) is 1.59. The van der Waals surface area contributed by atoms with Crippen LogP contribution in [0.15, 0.2) is 78.0 Å². The van der Waals surface area contributed by atoms with Gasteiger partial charge in [-0.05, 0) is 47.5 Å². The van der Waals surface area contributed by atoms with Gasteiger partial charge in [-0.15, -0.1) is 0 Å². The predicted molar refractivity (Wildman–Crippen MR) is 122 cm³/mol. The molecule has 0 N–H and O–H groups in total. The SMILES string of the molecule is CCS(=O)(=O)c1cccc(-c2ccc(-n3ccnc3-c3c(Cl)cccc3Cl)c(F)c2)c1. The Morgan fingerprint density at radius 1 is 0.968 bits per heavy atom. The van der Waals surface area contributed by atoms with Gasteiger partial charge < -0.3 is 0 Å². The molecule has 0 unspecified atom stereocenters. The van der Waals surface area contributed by atoms with E-state index in [1.54, 1.807) is 72.4 Å². The smallest absolute Gasteiger partial charge is 0.178 e. The van der Waals surface area contributed by atoms with Gasteiger partial charge in [-0.1, -0.05) is 54.4 Å². The normalized spacial score (nSPS) is 11.6. The van der Waals surface area contributed by atoms with Crippen LogP contribution < -0.4 is 0 Å². The highest BCUT2D eigenvalue weighted by atomic mass is 35.5. The molecule has 0 fully saturated rings. The molecule has 0 aliphatic heterocycles. The van der Waals surface area contributed by atoms with Crippen LogP contribution in [-0.2, 0) is 9.84 Å². The van der Waals surface area contributed by atoms with Crippen LogP contribution >= 0.6 is 23.2 Å². The summed E-state index contributed by atoms with van der Waals surface area (Å²) in [6.07, 6.45) is 3.17. The molecule has 0 bridgehead atoms. The molecule has 8 heteroatoms. The van der Waals surface area contributed by atoms with Crippen LogP contribution in [0.3, 0.4) is 0 Å². The molecule has 0 radical (unpaired) electrons. The Balaban J connectivity index is 1.78.